The van der Waals surface area contributed by atoms with E-state index in [9.17, 15) is 14.8 Å². The van der Waals surface area contributed by atoms with Gasteiger partial charge in [-0.25, -0.2) is 0 Å². The average Bonchev–Trinajstić information content (AvgIpc) is 2.36. The molecule has 1 atom stereocenters. The molecule has 0 aliphatic carbocycles. The molecule has 0 bridgehead atoms. The van der Waals surface area contributed by atoms with E-state index in [1.165, 1.54) is 12.1 Å². The fourth-order valence-electron chi connectivity index (χ4n) is 1.64. The minimum absolute atomic E-state index is 0.0321. The van der Waals surface area contributed by atoms with Crippen LogP contribution >= 0.6 is 8.38 Å². The van der Waals surface area contributed by atoms with Gasteiger partial charge in [-0.2, -0.15) is 0 Å². The molecule has 106 valence electrons. The molecular weight excluding hydrogens is 263 g/mol. The summed E-state index contributed by atoms with van der Waals surface area (Å²) in [5.74, 6) is -1.13. The summed E-state index contributed by atoms with van der Waals surface area (Å²) in [7, 11) is -1.74. The predicted molar refractivity (Wildman–Crippen MR) is 74.1 cm³/mol. The van der Waals surface area contributed by atoms with Crippen LogP contribution in [0.3, 0.4) is 0 Å². The molecule has 0 spiro atoms. The van der Waals surface area contributed by atoms with E-state index in [0.717, 1.165) is 19.3 Å². The van der Waals surface area contributed by atoms with Gasteiger partial charge in [-0.3, -0.25) is 0 Å². The Morgan fingerprint density at radius 3 is 2.63 bits per heavy atom. The van der Waals surface area contributed by atoms with Crippen LogP contribution in [0, 0.1) is 0 Å². The lowest BCUT2D eigenvalue weighted by Gasteiger charge is -2.29. The summed E-state index contributed by atoms with van der Waals surface area (Å²) < 4.78 is 5.47. The summed E-state index contributed by atoms with van der Waals surface area (Å²) in [5.41, 5.74) is -0.0321. The van der Waals surface area contributed by atoms with E-state index in [1.54, 1.807) is 12.1 Å². The maximum absolute atomic E-state index is 11.0. The summed E-state index contributed by atoms with van der Waals surface area (Å²) in [6.07, 6.45) is 2.87. The van der Waals surface area contributed by atoms with Crippen LogP contribution in [0.1, 0.15) is 50.4 Å². The molecule has 19 heavy (non-hydrogen) atoms. The van der Waals surface area contributed by atoms with Gasteiger partial charge in [0.25, 0.3) is 0 Å². The molecule has 4 nitrogen and oxygen atoms in total. The van der Waals surface area contributed by atoms with Gasteiger partial charge in [-0.15, -0.1) is 0 Å². The Balaban J connectivity index is 2.81. The van der Waals surface area contributed by atoms with E-state index in [1.807, 2.05) is 13.8 Å². The number of carboxylic acids is 1. The SMILES string of the molecule is CCCCC(C)(C)P(O)Oc1ccccc1C(=O)[O-]. The number of carbonyl (C=O) groups is 1. The number of para-hydroxylation sites is 1. The summed E-state index contributed by atoms with van der Waals surface area (Å²) in [6.45, 7) is 5.94. The van der Waals surface area contributed by atoms with Gasteiger partial charge in [-0.05, 0) is 18.6 Å². The third-order valence-corrected chi connectivity index (χ3v) is 4.58. The first-order valence-corrected chi connectivity index (χ1v) is 7.57. The molecule has 1 aromatic rings. The van der Waals surface area contributed by atoms with Gasteiger partial charge in [0.05, 0.1) is 5.97 Å². The minimum atomic E-state index is -1.74. The molecule has 5 heteroatoms. The van der Waals surface area contributed by atoms with Gasteiger partial charge in [0.15, 0.2) is 0 Å². The lowest BCUT2D eigenvalue weighted by Crippen LogP contribution is -2.24. The molecule has 1 unspecified atom stereocenters. The first-order chi connectivity index (χ1) is 8.88. The van der Waals surface area contributed by atoms with Crippen LogP contribution in [-0.4, -0.2) is 16.0 Å². The first kappa shape index (κ1) is 15.9. The van der Waals surface area contributed by atoms with Crippen LogP contribution in [-0.2, 0) is 0 Å². The number of rotatable bonds is 7. The maximum atomic E-state index is 11.0. The maximum Gasteiger partial charge on any atom is 0.233 e. The summed E-state index contributed by atoms with van der Waals surface area (Å²) in [4.78, 5) is 21.2. The number of hydrogen-bond donors (Lipinski definition) is 1. The minimum Gasteiger partial charge on any atom is -0.545 e. The van der Waals surface area contributed by atoms with E-state index in [2.05, 4.69) is 6.92 Å². The smallest absolute Gasteiger partial charge is 0.233 e. The fraction of sp³-hybridized carbons (Fsp3) is 0.500. The van der Waals surface area contributed by atoms with Crippen molar-refractivity contribution in [2.45, 2.75) is 45.2 Å². The van der Waals surface area contributed by atoms with Crippen LogP contribution < -0.4 is 9.63 Å². The third-order valence-electron chi connectivity index (χ3n) is 2.95. The lowest BCUT2D eigenvalue weighted by molar-refractivity contribution is -0.255. The zero-order valence-electron chi connectivity index (χ0n) is 11.5. The van der Waals surface area contributed by atoms with Crippen LogP contribution in [0.2, 0.25) is 0 Å². The van der Waals surface area contributed by atoms with Crippen molar-refractivity contribution in [2.75, 3.05) is 0 Å². The molecule has 1 N–H and O–H groups in total. The number of hydrogen-bond acceptors (Lipinski definition) is 4. The fourth-order valence-corrected chi connectivity index (χ4v) is 2.58. The van der Waals surface area contributed by atoms with Crippen molar-refractivity contribution in [3.63, 3.8) is 0 Å². The quantitative estimate of drug-likeness (QED) is 0.781. The van der Waals surface area contributed by atoms with Gasteiger partial charge < -0.3 is 19.3 Å². The molecule has 0 aromatic heterocycles. The second-order valence-electron chi connectivity index (χ2n) is 5.06. The molecule has 0 aliphatic rings. The van der Waals surface area contributed by atoms with Crippen molar-refractivity contribution < 1.29 is 19.3 Å². The van der Waals surface area contributed by atoms with Crippen LogP contribution in [0.25, 0.3) is 0 Å². The van der Waals surface area contributed by atoms with Crippen molar-refractivity contribution in [1.82, 2.24) is 0 Å². The molecule has 0 aliphatic heterocycles. The third kappa shape index (κ3) is 4.48. The van der Waals surface area contributed by atoms with Gasteiger partial charge in [0.2, 0.25) is 8.38 Å². The summed E-state index contributed by atoms with van der Waals surface area (Å²) >= 11 is 0. The van der Waals surface area contributed by atoms with Gasteiger partial charge >= 0.3 is 0 Å². The van der Waals surface area contributed by atoms with Gasteiger partial charge in [-0.1, -0.05) is 45.7 Å². The highest BCUT2D eigenvalue weighted by atomic mass is 31.2. The van der Waals surface area contributed by atoms with E-state index < -0.39 is 14.3 Å². The van der Waals surface area contributed by atoms with E-state index in [-0.39, 0.29) is 16.5 Å². The lowest BCUT2D eigenvalue weighted by atomic mass is 10.1. The molecule has 0 radical (unpaired) electrons. The highest BCUT2D eigenvalue weighted by Crippen LogP contribution is 2.50. The summed E-state index contributed by atoms with van der Waals surface area (Å²) in [6, 6.07) is 6.21. The Morgan fingerprint density at radius 2 is 2.05 bits per heavy atom. The standard InChI is InChI=1S/C14H21O4P/c1-4-5-10-14(2,3)19(17)18-12-9-7-6-8-11(12)13(15)16/h6-9,17H,4-5,10H2,1-3H3,(H,15,16)/p-1. The Labute approximate surface area is 115 Å². The van der Waals surface area contributed by atoms with Crippen molar-refractivity contribution in [3.05, 3.63) is 29.8 Å². The van der Waals surface area contributed by atoms with Crippen LogP contribution in [0.15, 0.2) is 24.3 Å². The molecule has 0 heterocycles. The summed E-state index contributed by atoms with van der Waals surface area (Å²) in [5, 5.41) is 10.6. The van der Waals surface area contributed by atoms with E-state index >= 15 is 0 Å². The van der Waals surface area contributed by atoms with Gasteiger partial charge in [0, 0.05) is 10.7 Å². The highest BCUT2D eigenvalue weighted by molar-refractivity contribution is 7.48. The molecular formula is C14H20O4P-. The Kier molecular flexibility index (Phi) is 5.77. The molecule has 0 amide bonds. The predicted octanol–water partition coefficient (Wildman–Crippen LogP) is 2.70. The van der Waals surface area contributed by atoms with Crippen molar-refractivity contribution >= 4 is 14.3 Å². The largest absolute Gasteiger partial charge is 0.545 e. The first-order valence-electron chi connectivity index (χ1n) is 6.36. The number of benzene rings is 1. The van der Waals surface area contributed by atoms with E-state index in [0.29, 0.717) is 0 Å². The molecule has 0 fully saturated rings. The second-order valence-corrected chi connectivity index (χ2v) is 7.00. The monoisotopic (exact) mass is 283 g/mol. The van der Waals surface area contributed by atoms with Crippen LogP contribution in [0.4, 0.5) is 0 Å². The Hall–Kier alpha value is -1.12. The zero-order valence-corrected chi connectivity index (χ0v) is 12.4. The molecule has 0 saturated heterocycles. The number of carbonyl (C=O) groups excluding carboxylic acids is 1. The van der Waals surface area contributed by atoms with Gasteiger partial charge in [0.1, 0.15) is 5.75 Å². The number of unbranched alkanes of at least 4 members (excludes halogenated alkanes) is 1. The van der Waals surface area contributed by atoms with E-state index in [4.69, 9.17) is 4.52 Å². The van der Waals surface area contributed by atoms with Crippen molar-refractivity contribution in [1.29, 1.82) is 0 Å². The normalized spacial score (nSPS) is 13.1. The molecule has 1 aromatic carbocycles. The Bertz CT molecular complexity index is 431. The molecule has 0 saturated carbocycles. The molecule has 1 rings (SSSR count). The van der Waals surface area contributed by atoms with Crippen molar-refractivity contribution in [2.24, 2.45) is 0 Å². The van der Waals surface area contributed by atoms with Crippen LogP contribution in [0.5, 0.6) is 5.75 Å². The van der Waals surface area contributed by atoms with Crippen molar-refractivity contribution in [3.8, 4) is 5.75 Å². The zero-order chi connectivity index (χ0) is 14.5. The Morgan fingerprint density at radius 1 is 1.42 bits per heavy atom. The second kappa shape index (κ2) is 6.88. The highest BCUT2D eigenvalue weighted by Gasteiger charge is 2.31. The number of carboxylic acid groups (broad SMARTS) is 1. The average molecular weight is 283 g/mol. The topological polar surface area (TPSA) is 69.6 Å². The number of aromatic carboxylic acids is 1.